The third kappa shape index (κ3) is 5.54. The molecule has 0 unspecified atom stereocenters. The van der Waals surface area contributed by atoms with Gasteiger partial charge in [0.1, 0.15) is 19.0 Å². The summed E-state index contributed by atoms with van der Waals surface area (Å²) in [7, 11) is 1.75. The second-order valence-corrected chi connectivity index (χ2v) is 4.83. The van der Waals surface area contributed by atoms with E-state index < -0.39 is 0 Å². The maximum absolute atomic E-state index is 11.9. The van der Waals surface area contributed by atoms with Gasteiger partial charge in [0.25, 0.3) is 0 Å². The van der Waals surface area contributed by atoms with Crippen LogP contribution in [0.1, 0.15) is 5.56 Å². The number of amides is 1. The maximum atomic E-state index is 11.9. The molecule has 1 aromatic carbocycles. The largest absolute Gasteiger partial charge is 0.491 e. The molecular formula is C17H20N2O3. The Bertz CT molecular complexity index is 561. The van der Waals surface area contributed by atoms with Gasteiger partial charge in [-0.25, -0.2) is 0 Å². The monoisotopic (exact) mass is 300 g/mol. The van der Waals surface area contributed by atoms with Crippen molar-refractivity contribution in [3.05, 3.63) is 60.4 Å². The van der Waals surface area contributed by atoms with Crippen molar-refractivity contribution in [1.82, 2.24) is 9.88 Å². The van der Waals surface area contributed by atoms with Gasteiger partial charge in [-0.05, 0) is 23.8 Å². The Morgan fingerprint density at radius 1 is 1.14 bits per heavy atom. The van der Waals surface area contributed by atoms with E-state index in [1.165, 1.54) is 0 Å². The Morgan fingerprint density at radius 3 is 2.68 bits per heavy atom. The Kier molecular flexibility index (Phi) is 6.39. The molecule has 1 amide bonds. The van der Waals surface area contributed by atoms with Gasteiger partial charge in [0.15, 0.2) is 0 Å². The van der Waals surface area contributed by atoms with Crippen molar-refractivity contribution in [2.75, 3.05) is 26.9 Å². The molecule has 0 aliphatic rings. The number of likely N-dealkylation sites (N-methyl/N-ethyl adjacent to an activating group) is 1. The third-order valence-corrected chi connectivity index (χ3v) is 3.03. The standard InChI is InChI=1S/C17H20N2O3/c1-19(13-15-6-5-9-18-12-15)17(20)14-21-10-11-22-16-7-3-2-4-8-16/h2-9,12H,10-11,13-14H2,1H3. The minimum atomic E-state index is -0.0661. The van der Waals surface area contributed by atoms with Crippen molar-refractivity contribution < 1.29 is 14.3 Å². The van der Waals surface area contributed by atoms with Crippen molar-refractivity contribution in [3.8, 4) is 5.75 Å². The SMILES string of the molecule is CN(Cc1cccnc1)C(=O)COCCOc1ccccc1. The average molecular weight is 300 g/mol. The van der Waals surface area contributed by atoms with Crippen LogP contribution < -0.4 is 4.74 Å². The van der Waals surface area contributed by atoms with Crippen molar-refractivity contribution in [3.63, 3.8) is 0 Å². The summed E-state index contributed by atoms with van der Waals surface area (Å²) in [5.74, 6) is 0.731. The van der Waals surface area contributed by atoms with Crippen molar-refractivity contribution >= 4 is 5.91 Å². The van der Waals surface area contributed by atoms with E-state index >= 15 is 0 Å². The summed E-state index contributed by atoms with van der Waals surface area (Å²) in [6, 6.07) is 13.3. The fraction of sp³-hybridized carbons (Fsp3) is 0.294. The van der Waals surface area contributed by atoms with Crippen LogP contribution >= 0.6 is 0 Å². The third-order valence-electron chi connectivity index (χ3n) is 3.03. The maximum Gasteiger partial charge on any atom is 0.248 e. The normalized spacial score (nSPS) is 10.2. The lowest BCUT2D eigenvalue weighted by Crippen LogP contribution is -2.30. The summed E-state index contributed by atoms with van der Waals surface area (Å²) in [6.45, 7) is 1.37. The molecule has 5 heteroatoms. The average Bonchev–Trinajstić information content (AvgIpc) is 2.56. The minimum Gasteiger partial charge on any atom is -0.491 e. The van der Waals surface area contributed by atoms with Crippen LogP contribution in [-0.2, 0) is 16.1 Å². The van der Waals surface area contributed by atoms with Gasteiger partial charge >= 0.3 is 0 Å². The van der Waals surface area contributed by atoms with E-state index in [4.69, 9.17) is 9.47 Å². The number of hydrogen-bond acceptors (Lipinski definition) is 4. The highest BCUT2D eigenvalue weighted by atomic mass is 16.5. The molecule has 1 aromatic heterocycles. The van der Waals surface area contributed by atoms with Gasteiger partial charge in [0, 0.05) is 26.0 Å². The summed E-state index contributed by atoms with van der Waals surface area (Å²) >= 11 is 0. The predicted molar refractivity (Wildman–Crippen MR) is 83.5 cm³/mol. The highest BCUT2D eigenvalue weighted by Gasteiger charge is 2.09. The zero-order valence-electron chi connectivity index (χ0n) is 12.6. The first kappa shape index (κ1) is 16.0. The summed E-state index contributed by atoms with van der Waals surface area (Å²) < 4.78 is 10.8. The van der Waals surface area contributed by atoms with Crippen LogP contribution in [0.2, 0.25) is 0 Å². The number of nitrogens with zero attached hydrogens (tertiary/aromatic N) is 2. The second-order valence-electron chi connectivity index (χ2n) is 4.83. The smallest absolute Gasteiger partial charge is 0.248 e. The first-order valence-corrected chi connectivity index (χ1v) is 7.14. The van der Waals surface area contributed by atoms with Crippen LogP contribution in [0.15, 0.2) is 54.9 Å². The lowest BCUT2D eigenvalue weighted by molar-refractivity contribution is -0.135. The van der Waals surface area contributed by atoms with Crippen LogP contribution in [0.4, 0.5) is 0 Å². The van der Waals surface area contributed by atoms with E-state index in [1.54, 1.807) is 24.3 Å². The zero-order valence-corrected chi connectivity index (χ0v) is 12.6. The van der Waals surface area contributed by atoms with Gasteiger partial charge < -0.3 is 14.4 Å². The quantitative estimate of drug-likeness (QED) is 0.701. The van der Waals surface area contributed by atoms with Crippen LogP contribution in [0.3, 0.4) is 0 Å². The molecule has 0 spiro atoms. The molecule has 2 rings (SSSR count). The molecule has 22 heavy (non-hydrogen) atoms. The molecule has 0 saturated carbocycles. The fourth-order valence-electron chi connectivity index (χ4n) is 1.86. The molecule has 0 aliphatic heterocycles. The molecule has 2 aromatic rings. The predicted octanol–water partition coefficient (Wildman–Crippen LogP) is 2.14. The van der Waals surface area contributed by atoms with E-state index in [-0.39, 0.29) is 12.5 Å². The number of rotatable bonds is 8. The zero-order chi connectivity index (χ0) is 15.6. The molecule has 1 heterocycles. The molecule has 116 valence electrons. The summed E-state index contributed by atoms with van der Waals surface area (Å²) in [4.78, 5) is 17.6. The molecular weight excluding hydrogens is 280 g/mol. The number of benzene rings is 1. The molecule has 0 atom stereocenters. The molecule has 0 fully saturated rings. The summed E-state index contributed by atoms with van der Waals surface area (Å²) in [5, 5.41) is 0. The van der Waals surface area contributed by atoms with Crippen molar-refractivity contribution in [2.24, 2.45) is 0 Å². The van der Waals surface area contributed by atoms with Gasteiger partial charge in [0.2, 0.25) is 5.91 Å². The van der Waals surface area contributed by atoms with Gasteiger partial charge in [-0.3, -0.25) is 9.78 Å². The van der Waals surface area contributed by atoms with Gasteiger partial charge in [-0.2, -0.15) is 0 Å². The number of para-hydroxylation sites is 1. The van der Waals surface area contributed by atoms with Crippen molar-refractivity contribution in [2.45, 2.75) is 6.54 Å². The number of ether oxygens (including phenoxy) is 2. The Hall–Kier alpha value is -2.40. The van der Waals surface area contributed by atoms with Crippen LogP contribution in [0.5, 0.6) is 5.75 Å². The second kappa shape index (κ2) is 8.79. The molecule has 5 nitrogen and oxygen atoms in total. The molecule has 0 N–H and O–H groups in total. The van der Waals surface area contributed by atoms with Crippen LogP contribution in [0, 0.1) is 0 Å². The lowest BCUT2D eigenvalue weighted by Gasteiger charge is -2.17. The van der Waals surface area contributed by atoms with E-state index in [1.807, 2.05) is 42.5 Å². The van der Waals surface area contributed by atoms with Gasteiger partial charge in [-0.15, -0.1) is 0 Å². The minimum absolute atomic E-state index is 0.0505. The number of pyridine rings is 1. The molecule has 0 saturated heterocycles. The number of carbonyl (C=O) groups is 1. The Labute approximate surface area is 130 Å². The molecule has 0 aliphatic carbocycles. The van der Waals surface area contributed by atoms with E-state index in [9.17, 15) is 4.79 Å². The topological polar surface area (TPSA) is 51.7 Å². The van der Waals surface area contributed by atoms with E-state index in [2.05, 4.69) is 4.98 Å². The van der Waals surface area contributed by atoms with E-state index in [0.717, 1.165) is 11.3 Å². The Morgan fingerprint density at radius 2 is 1.95 bits per heavy atom. The first-order chi connectivity index (χ1) is 10.8. The summed E-state index contributed by atoms with van der Waals surface area (Å²) in [6.07, 6.45) is 3.46. The van der Waals surface area contributed by atoms with Crippen LogP contribution in [-0.4, -0.2) is 42.7 Å². The highest BCUT2D eigenvalue weighted by molar-refractivity contribution is 5.77. The van der Waals surface area contributed by atoms with Gasteiger partial charge in [0.05, 0.1) is 6.61 Å². The fourth-order valence-corrected chi connectivity index (χ4v) is 1.86. The first-order valence-electron chi connectivity index (χ1n) is 7.14. The number of carbonyl (C=O) groups excluding carboxylic acids is 1. The van der Waals surface area contributed by atoms with E-state index in [0.29, 0.717) is 19.8 Å². The summed E-state index contributed by atoms with van der Waals surface area (Å²) in [5.41, 5.74) is 0.991. The van der Waals surface area contributed by atoms with Crippen LogP contribution in [0.25, 0.3) is 0 Å². The number of hydrogen-bond donors (Lipinski definition) is 0. The molecule has 0 bridgehead atoms. The number of aromatic nitrogens is 1. The lowest BCUT2D eigenvalue weighted by atomic mass is 10.3. The van der Waals surface area contributed by atoms with Gasteiger partial charge in [-0.1, -0.05) is 24.3 Å². The highest BCUT2D eigenvalue weighted by Crippen LogP contribution is 2.07. The molecule has 0 radical (unpaired) electrons. The Balaban J connectivity index is 1.61. The van der Waals surface area contributed by atoms with Crippen molar-refractivity contribution in [1.29, 1.82) is 0 Å².